The molecule has 0 atom stereocenters. The Morgan fingerprint density at radius 2 is 1.71 bits per heavy atom. The third-order valence-corrected chi connectivity index (χ3v) is 4.43. The zero-order valence-corrected chi connectivity index (χ0v) is 15.5. The summed E-state index contributed by atoms with van der Waals surface area (Å²) in [5.74, 6) is 2.53. The molecule has 4 nitrogen and oxygen atoms in total. The maximum absolute atomic E-state index is 4.64. The number of benzene rings is 1. The molecular formula is C15H18Br2N4. The van der Waals surface area contributed by atoms with Crippen LogP contribution in [0, 0.1) is 6.92 Å². The second-order valence-corrected chi connectivity index (χ2v) is 6.39. The maximum atomic E-state index is 4.64. The molecule has 112 valence electrons. The summed E-state index contributed by atoms with van der Waals surface area (Å²) < 4.78 is 1.97. The highest BCUT2D eigenvalue weighted by Gasteiger charge is 2.12. The zero-order chi connectivity index (χ0) is 15.4. The predicted octanol–water partition coefficient (Wildman–Crippen LogP) is 5.05. The molecule has 1 heterocycles. The molecule has 0 aliphatic heterocycles. The van der Waals surface area contributed by atoms with Gasteiger partial charge in [0.1, 0.15) is 17.5 Å². The normalized spacial score (nSPS) is 10.5. The number of anilines is 3. The molecule has 0 amide bonds. The summed E-state index contributed by atoms with van der Waals surface area (Å²) in [7, 11) is 1.88. The minimum atomic E-state index is 0.824. The number of aryl methyl sites for hydroxylation is 1. The van der Waals surface area contributed by atoms with Gasteiger partial charge in [0.15, 0.2) is 0 Å². The molecule has 2 rings (SSSR count). The van der Waals surface area contributed by atoms with E-state index in [1.54, 1.807) is 0 Å². The maximum Gasteiger partial charge on any atom is 0.139 e. The van der Waals surface area contributed by atoms with Crippen LogP contribution in [0.25, 0.3) is 0 Å². The van der Waals surface area contributed by atoms with E-state index in [0.29, 0.717) is 0 Å². The molecule has 0 saturated carbocycles. The zero-order valence-electron chi connectivity index (χ0n) is 12.3. The third kappa shape index (κ3) is 3.74. The standard InChI is InChI=1S/C15H18Br2N4/c1-4-6-12-19-14(18-3)9(2)15(20-12)21-13-10(16)7-5-8-11(13)17/h5,7-8H,4,6H2,1-3H3,(H2,18,19,20,21). The minimum Gasteiger partial charge on any atom is -0.373 e. The molecule has 0 fully saturated rings. The molecule has 2 N–H and O–H groups in total. The van der Waals surface area contributed by atoms with Crippen molar-refractivity contribution in [1.29, 1.82) is 0 Å². The number of para-hydroxylation sites is 1. The lowest BCUT2D eigenvalue weighted by molar-refractivity contribution is 0.835. The minimum absolute atomic E-state index is 0.824. The van der Waals surface area contributed by atoms with Crippen LogP contribution < -0.4 is 10.6 Å². The van der Waals surface area contributed by atoms with Crippen LogP contribution in [-0.2, 0) is 6.42 Å². The van der Waals surface area contributed by atoms with Crippen LogP contribution in [0.4, 0.5) is 17.3 Å². The van der Waals surface area contributed by atoms with Gasteiger partial charge in [0.25, 0.3) is 0 Å². The number of rotatable bonds is 5. The molecule has 6 heteroatoms. The Hall–Kier alpha value is -1.14. The number of hydrogen-bond acceptors (Lipinski definition) is 4. The van der Waals surface area contributed by atoms with Gasteiger partial charge in [-0.15, -0.1) is 0 Å². The van der Waals surface area contributed by atoms with Crippen molar-refractivity contribution in [3.63, 3.8) is 0 Å². The molecule has 1 aromatic carbocycles. The van der Waals surface area contributed by atoms with Gasteiger partial charge in [-0.2, -0.15) is 0 Å². The van der Waals surface area contributed by atoms with Crippen molar-refractivity contribution in [2.75, 3.05) is 17.7 Å². The SMILES string of the molecule is CCCc1nc(NC)c(C)c(Nc2c(Br)cccc2Br)n1. The molecule has 0 aliphatic carbocycles. The number of nitrogens with zero attached hydrogens (tertiary/aromatic N) is 2. The van der Waals surface area contributed by atoms with Crippen LogP contribution in [-0.4, -0.2) is 17.0 Å². The highest BCUT2D eigenvalue weighted by atomic mass is 79.9. The first-order chi connectivity index (χ1) is 10.1. The van der Waals surface area contributed by atoms with E-state index in [2.05, 4.69) is 59.4 Å². The average molecular weight is 414 g/mol. The van der Waals surface area contributed by atoms with Gasteiger partial charge >= 0.3 is 0 Å². The van der Waals surface area contributed by atoms with Crippen molar-refractivity contribution in [3.05, 3.63) is 38.5 Å². The van der Waals surface area contributed by atoms with Crippen molar-refractivity contribution in [3.8, 4) is 0 Å². The van der Waals surface area contributed by atoms with Gasteiger partial charge in [0.2, 0.25) is 0 Å². The highest BCUT2D eigenvalue weighted by molar-refractivity contribution is 9.11. The number of hydrogen-bond donors (Lipinski definition) is 2. The van der Waals surface area contributed by atoms with Crippen LogP contribution in [0.2, 0.25) is 0 Å². The number of nitrogens with one attached hydrogen (secondary N) is 2. The molecule has 0 bridgehead atoms. The van der Waals surface area contributed by atoms with Gasteiger partial charge in [-0.05, 0) is 57.3 Å². The lowest BCUT2D eigenvalue weighted by atomic mass is 10.2. The van der Waals surface area contributed by atoms with Gasteiger partial charge in [-0.25, -0.2) is 9.97 Å². The van der Waals surface area contributed by atoms with Gasteiger partial charge in [-0.3, -0.25) is 0 Å². The lowest BCUT2D eigenvalue weighted by Crippen LogP contribution is -2.07. The largest absolute Gasteiger partial charge is 0.373 e. The Kier molecular flexibility index (Phi) is 5.58. The molecule has 0 spiro atoms. The smallest absolute Gasteiger partial charge is 0.139 e. The molecule has 21 heavy (non-hydrogen) atoms. The summed E-state index contributed by atoms with van der Waals surface area (Å²) in [6.45, 7) is 4.13. The fourth-order valence-electron chi connectivity index (χ4n) is 2.00. The first kappa shape index (κ1) is 16.2. The molecule has 0 saturated heterocycles. The van der Waals surface area contributed by atoms with E-state index < -0.39 is 0 Å². The monoisotopic (exact) mass is 412 g/mol. The van der Waals surface area contributed by atoms with E-state index in [0.717, 1.165) is 50.5 Å². The van der Waals surface area contributed by atoms with Gasteiger partial charge in [-0.1, -0.05) is 13.0 Å². The first-order valence-electron chi connectivity index (χ1n) is 6.83. The number of halogens is 2. The van der Waals surface area contributed by atoms with Gasteiger partial charge in [0.05, 0.1) is 5.69 Å². The first-order valence-corrected chi connectivity index (χ1v) is 8.41. The van der Waals surface area contributed by atoms with E-state index in [-0.39, 0.29) is 0 Å². The Morgan fingerprint density at radius 3 is 2.29 bits per heavy atom. The van der Waals surface area contributed by atoms with Crippen LogP contribution >= 0.6 is 31.9 Å². The van der Waals surface area contributed by atoms with E-state index in [9.17, 15) is 0 Å². The lowest BCUT2D eigenvalue weighted by Gasteiger charge is -2.15. The molecule has 0 unspecified atom stereocenters. The Balaban J connectivity index is 2.45. The van der Waals surface area contributed by atoms with E-state index >= 15 is 0 Å². The summed E-state index contributed by atoms with van der Waals surface area (Å²) in [6.07, 6.45) is 1.88. The summed E-state index contributed by atoms with van der Waals surface area (Å²) in [5.41, 5.74) is 1.96. The number of aromatic nitrogens is 2. The van der Waals surface area contributed by atoms with Crippen molar-refractivity contribution >= 4 is 49.2 Å². The predicted molar refractivity (Wildman–Crippen MR) is 95.4 cm³/mol. The molecule has 0 aliphatic rings. The second kappa shape index (κ2) is 7.22. The van der Waals surface area contributed by atoms with Crippen molar-refractivity contribution in [2.45, 2.75) is 26.7 Å². The summed E-state index contributed by atoms with van der Waals surface area (Å²) >= 11 is 7.12. The topological polar surface area (TPSA) is 49.8 Å². The summed E-state index contributed by atoms with van der Waals surface area (Å²) in [5, 5.41) is 6.53. The highest BCUT2D eigenvalue weighted by Crippen LogP contribution is 2.34. The van der Waals surface area contributed by atoms with Crippen LogP contribution in [0.5, 0.6) is 0 Å². The Labute approximate surface area is 142 Å². The molecule has 0 radical (unpaired) electrons. The van der Waals surface area contributed by atoms with Crippen molar-refractivity contribution in [1.82, 2.24) is 9.97 Å². The Bertz CT molecular complexity index is 624. The van der Waals surface area contributed by atoms with Crippen molar-refractivity contribution < 1.29 is 0 Å². The Morgan fingerprint density at radius 1 is 1.10 bits per heavy atom. The molecular weight excluding hydrogens is 396 g/mol. The van der Waals surface area contributed by atoms with Crippen molar-refractivity contribution in [2.24, 2.45) is 0 Å². The van der Waals surface area contributed by atoms with Crippen LogP contribution in [0.3, 0.4) is 0 Å². The van der Waals surface area contributed by atoms with Gasteiger partial charge in [0, 0.05) is 28.0 Å². The fourth-order valence-corrected chi connectivity index (χ4v) is 3.20. The van der Waals surface area contributed by atoms with Crippen LogP contribution in [0.15, 0.2) is 27.1 Å². The second-order valence-electron chi connectivity index (χ2n) is 4.68. The van der Waals surface area contributed by atoms with E-state index in [1.165, 1.54) is 0 Å². The van der Waals surface area contributed by atoms with Gasteiger partial charge < -0.3 is 10.6 Å². The quantitative estimate of drug-likeness (QED) is 0.720. The summed E-state index contributed by atoms with van der Waals surface area (Å²) in [4.78, 5) is 9.19. The average Bonchev–Trinajstić information content (AvgIpc) is 2.46. The van der Waals surface area contributed by atoms with E-state index in [4.69, 9.17) is 0 Å². The summed E-state index contributed by atoms with van der Waals surface area (Å²) in [6, 6.07) is 5.97. The van der Waals surface area contributed by atoms with Crippen LogP contribution in [0.1, 0.15) is 24.7 Å². The fraction of sp³-hybridized carbons (Fsp3) is 0.333. The third-order valence-electron chi connectivity index (χ3n) is 3.11. The molecule has 1 aromatic heterocycles. The van der Waals surface area contributed by atoms with E-state index in [1.807, 2.05) is 32.2 Å². The molecule has 2 aromatic rings.